The molecule has 0 amide bonds. The van der Waals surface area contributed by atoms with E-state index >= 15 is 0 Å². The van der Waals surface area contributed by atoms with Crippen LogP contribution in [0.2, 0.25) is 0 Å². The Hall–Kier alpha value is -0.200. The Morgan fingerprint density at radius 1 is 0.889 bits per heavy atom. The summed E-state index contributed by atoms with van der Waals surface area (Å²) in [4.78, 5) is 0. The summed E-state index contributed by atoms with van der Waals surface area (Å²) in [5.74, 6) is 0. The van der Waals surface area contributed by atoms with Crippen LogP contribution in [0.1, 0.15) is 20.3 Å². The van der Waals surface area contributed by atoms with Crippen molar-refractivity contribution in [2.45, 2.75) is 26.4 Å². The highest BCUT2D eigenvalue weighted by molar-refractivity contribution is 4.58. The lowest BCUT2D eigenvalue weighted by atomic mass is 10.3. The number of ether oxygens (including phenoxy) is 4. The van der Waals surface area contributed by atoms with Crippen LogP contribution in [-0.2, 0) is 18.9 Å². The zero-order chi connectivity index (χ0) is 13.5. The van der Waals surface area contributed by atoms with Gasteiger partial charge in [-0.2, -0.15) is 0 Å². The van der Waals surface area contributed by atoms with Gasteiger partial charge in [0.25, 0.3) is 0 Å². The molecular formula is C13H29NO4. The lowest BCUT2D eigenvalue weighted by molar-refractivity contribution is -0.0165. The molecule has 0 saturated heterocycles. The van der Waals surface area contributed by atoms with E-state index in [2.05, 4.69) is 19.2 Å². The van der Waals surface area contributed by atoms with Crippen molar-refractivity contribution in [3.8, 4) is 0 Å². The molecule has 0 spiro atoms. The standard InChI is InChI=1S/C13H29NO4/c1-4-13(12-14-5-2)18-11-10-17-9-8-16-7-6-15-3/h13-14H,4-12H2,1-3H3. The Morgan fingerprint density at radius 3 is 2.06 bits per heavy atom. The first kappa shape index (κ1) is 17.8. The molecule has 0 aliphatic rings. The van der Waals surface area contributed by atoms with Crippen molar-refractivity contribution in [2.75, 3.05) is 59.8 Å². The molecule has 1 N–H and O–H groups in total. The first-order valence-electron chi connectivity index (χ1n) is 6.81. The molecule has 0 aromatic heterocycles. The van der Waals surface area contributed by atoms with E-state index in [9.17, 15) is 0 Å². The zero-order valence-electron chi connectivity index (χ0n) is 12.1. The quantitative estimate of drug-likeness (QED) is 0.475. The Morgan fingerprint density at radius 2 is 1.50 bits per heavy atom. The van der Waals surface area contributed by atoms with Gasteiger partial charge in [0.15, 0.2) is 0 Å². The predicted octanol–water partition coefficient (Wildman–Crippen LogP) is 1.07. The third-order valence-corrected chi connectivity index (χ3v) is 2.46. The van der Waals surface area contributed by atoms with Crippen LogP contribution in [-0.4, -0.2) is 65.9 Å². The number of rotatable bonds is 14. The molecule has 1 unspecified atom stereocenters. The van der Waals surface area contributed by atoms with Crippen LogP contribution < -0.4 is 5.32 Å². The number of likely N-dealkylation sites (N-methyl/N-ethyl adjacent to an activating group) is 1. The second kappa shape index (κ2) is 14.9. The van der Waals surface area contributed by atoms with E-state index in [0.717, 1.165) is 19.5 Å². The third-order valence-electron chi connectivity index (χ3n) is 2.46. The van der Waals surface area contributed by atoms with Crippen LogP contribution in [0.15, 0.2) is 0 Å². The Labute approximate surface area is 111 Å². The van der Waals surface area contributed by atoms with Gasteiger partial charge in [-0.05, 0) is 13.0 Å². The number of nitrogens with one attached hydrogen (secondary N) is 1. The van der Waals surface area contributed by atoms with Crippen LogP contribution in [0.25, 0.3) is 0 Å². The molecule has 0 saturated carbocycles. The first-order valence-corrected chi connectivity index (χ1v) is 6.81. The van der Waals surface area contributed by atoms with E-state index in [-0.39, 0.29) is 6.10 Å². The molecule has 0 radical (unpaired) electrons. The number of hydrogen-bond donors (Lipinski definition) is 1. The third kappa shape index (κ3) is 12.3. The topological polar surface area (TPSA) is 49.0 Å². The summed E-state index contributed by atoms with van der Waals surface area (Å²) in [5.41, 5.74) is 0. The van der Waals surface area contributed by atoms with Gasteiger partial charge in [-0.25, -0.2) is 0 Å². The van der Waals surface area contributed by atoms with Crippen molar-refractivity contribution in [1.29, 1.82) is 0 Å². The second-order valence-electron chi connectivity index (χ2n) is 3.93. The van der Waals surface area contributed by atoms with Gasteiger partial charge in [-0.15, -0.1) is 0 Å². The van der Waals surface area contributed by atoms with Gasteiger partial charge in [0.1, 0.15) is 0 Å². The van der Waals surface area contributed by atoms with Crippen LogP contribution in [0.4, 0.5) is 0 Å². The molecule has 0 aromatic carbocycles. The van der Waals surface area contributed by atoms with E-state index in [1.807, 2.05) is 0 Å². The molecule has 5 nitrogen and oxygen atoms in total. The predicted molar refractivity (Wildman–Crippen MR) is 72.1 cm³/mol. The van der Waals surface area contributed by atoms with E-state index < -0.39 is 0 Å². The Kier molecular flexibility index (Phi) is 14.7. The largest absolute Gasteiger partial charge is 0.382 e. The van der Waals surface area contributed by atoms with Crippen molar-refractivity contribution < 1.29 is 18.9 Å². The molecule has 0 bridgehead atoms. The van der Waals surface area contributed by atoms with E-state index in [0.29, 0.717) is 39.6 Å². The van der Waals surface area contributed by atoms with Gasteiger partial charge in [0, 0.05) is 13.7 Å². The molecular weight excluding hydrogens is 234 g/mol. The highest BCUT2D eigenvalue weighted by Crippen LogP contribution is 1.96. The molecule has 0 aliphatic carbocycles. The van der Waals surface area contributed by atoms with Crippen LogP contribution >= 0.6 is 0 Å². The minimum absolute atomic E-state index is 0.284. The summed E-state index contributed by atoms with van der Waals surface area (Å²) in [6.07, 6.45) is 1.30. The lowest BCUT2D eigenvalue weighted by Crippen LogP contribution is -2.29. The van der Waals surface area contributed by atoms with Crippen molar-refractivity contribution >= 4 is 0 Å². The van der Waals surface area contributed by atoms with Gasteiger partial charge in [0.05, 0.1) is 45.7 Å². The van der Waals surface area contributed by atoms with Crippen molar-refractivity contribution in [3.63, 3.8) is 0 Å². The monoisotopic (exact) mass is 263 g/mol. The minimum atomic E-state index is 0.284. The lowest BCUT2D eigenvalue weighted by Gasteiger charge is -2.16. The smallest absolute Gasteiger partial charge is 0.0704 e. The summed E-state index contributed by atoms with van der Waals surface area (Å²) < 4.78 is 21.2. The maximum atomic E-state index is 5.69. The molecule has 0 fully saturated rings. The highest BCUT2D eigenvalue weighted by Gasteiger charge is 2.04. The fourth-order valence-corrected chi connectivity index (χ4v) is 1.36. The minimum Gasteiger partial charge on any atom is -0.382 e. The van der Waals surface area contributed by atoms with Crippen molar-refractivity contribution in [2.24, 2.45) is 0 Å². The Balaban J connectivity index is 3.17. The van der Waals surface area contributed by atoms with E-state index in [4.69, 9.17) is 18.9 Å². The number of hydrogen-bond acceptors (Lipinski definition) is 5. The van der Waals surface area contributed by atoms with Crippen LogP contribution in [0.5, 0.6) is 0 Å². The van der Waals surface area contributed by atoms with Crippen molar-refractivity contribution in [3.05, 3.63) is 0 Å². The van der Waals surface area contributed by atoms with Gasteiger partial charge in [-0.3, -0.25) is 0 Å². The van der Waals surface area contributed by atoms with Gasteiger partial charge in [-0.1, -0.05) is 13.8 Å². The maximum Gasteiger partial charge on any atom is 0.0704 e. The van der Waals surface area contributed by atoms with Crippen molar-refractivity contribution in [1.82, 2.24) is 5.32 Å². The molecule has 0 aromatic rings. The fraction of sp³-hybridized carbons (Fsp3) is 1.00. The normalized spacial score (nSPS) is 12.8. The average Bonchev–Trinajstić information content (AvgIpc) is 2.40. The van der Waals surface area contributed by atoms with Gasteiger partial charge < -0.3 is 24.3 Å². The zero-order valence-corrected chi connectivity index (χ0v) is 12.1. The molecule has 18 heavy (non-hydrogen) atoms. The second-order valence-corrected chi connectivity index (χ2v) is 3.93. The average molecular weight is 263 g/mol. The summed E-state index contributed by atoms with van der Waals surface area (Å²) in [6, 6.07) is 0. The fourth-order valence-electron chi connectivity index (χ4n) is 1.36. The van der Waals surface area contributed by atoms with E-state index in [1.165, 1.54) is 0 Å². The van der Waals surface area contributed by atoms with Crippen LogP contribution in [0, 0.1) is 0 Å². The van der Waals surface area contributed by atoms with E-state index in [1.54, 1.807) is 7.11 Å². The summed E-state index contributed by atoms with van der Waals surface area (Å²) in [6.45, 7) is 9.85. The Bertz CT molecular complexity index is 158. The molecule has 5 heteroatoms. The van der Waals surface area contributed by atoms with Gasteiger partial charge in [0.2, 0.25) is 0 Å². The summed E-state index contributed by atoms with van der Waals surface area (Å²) in [5, 5.41) is 3.28. The number of methoxy groups -OCH3 is 1. The SMILES string of the molecule is CCNCC(CC)OCCOCCOCCOC. The summed E-state index contributed by atoms with van der Waals surface area (Å²) in [7, 11) is 1.66. The molecule has 110 valence electrons. The molecule has 1 atom stereocenters. The first-order chi connectivity index (χ1) is 8.85. The molecule has 0 rings (SSSR count). The van der Waals surface area contributed by atoms with Crippen LogP contribution in [0.3, 0.4) is 0 Å². The molecule has 0 heterocycles. The highest BCUT2D eigenvalue weighted by atomic mass is 16.6. The van der Waals surface area contributed by atoms with Gasteiger partial charge >= 0.3 is 0 Å². The summed E-state index contributed by atoms with van der Waals surface area (Å²) >= 11 is 0. The molecule has 0 aliphatic heterocycles. The maximum absolute atomic E-state index is 5.69.